The first-order valence-electron chi connectivity index (χ1n) is 7.43. The summed E-state index contributed by atoms with van der Waals surface area (Å²) in [5.74, 6) is 1.11. The Hall–Kier alpha value is -1.07. The average molecular weight is 266 g/mol. The van der Waals surface area contributed by atoms with E-state index >= 15 is 0 Å². The van der Waals surface area contributed by atoms with Crippen LogP contribution in [-0.4, -0.2) is 41.9 Å². The van der Waals surface area contributed by atoms with Gasteiger partial charge in [0.15, 0.2) is 0 Å². The van der Waals surface area contributed by atoms with E-state index in [0.717, 1.165) is 57.9 Å². The molecule has 0 atom stereocenters. The Morgan fingerprint density at radius 3 is 2.89 bits per heavy atom. The van der Waals surface area contributed by atoms with Crippen molar-refractivity contribution in [3.8, 4) is 0 Å². The molecule has 2 N–H and O–H groups in total. The van der Waals surface area contributed by atoms with E-state index in [2.05, 4.69) is 27.6 Å². The third-order valence-corrected chi connectivity index (χ3v) is 3.58. The molecule has 1 aliphatic heterocycles. The lowest BCUT2D eigenvalue weighted by molar-refractivity contribution is 0.0364. The van der Waals surface area contributed by atoms with Crippen molar-refractivity contribution < 1.29 is 4.74 Å². The summed E-state index contributed by atoms with van der Waals surface area (Å²) in [6.45, 7) is 6.82. The van der Waals surface area contributed by atoms with Gasteiger partial charge in [-0.25, -0.2) is 4.98 Å². The van der Waals surface area contributed by atoms with Gasteiger partial charge in [-0.3, -0.25) is 0 Å². The predicted octanol–water partition coefficient (Wildman–Crippen LogP) is 1.63. The topological polar surface area (TPSA) is 56.3 Å². The van der Waals surface area contributed by atoms with E-state index < -0.39 is 0 Å². The van der Waals surface area contributed by atoms with E-state index in [1.165, 1.54) is 0 Å². The quantitative estimate of drug-likeness (QED) is 0.762. The van der Waals surface area contributed by atoms with Crippen LogP contribution in [0.25, 0.3) is 0 Å². The van der Waals surface area contributed by atoms with Crippen LogP contribution in [0, 0.1) is 0 Å². The SMILES string of the molecule is CCCn1ccnc1N1CCC(OCCCN)CC1. The van der Waals surface area contributed by atoms with E-state index in [-0.39, 0.29) is 0 Å². The summed E-state index contributed by atoms with van der Waals surface area (Å²) < 4.78 is 8.08. The third kappa shape index (κ3) is 3.94. The van der Waals surface area contributed by atoms with E-state index in [9.17, 15) is 0 Å². The molecule has 0 aromatic carbocycles. The molecule has 0 saturated carbocycles. The molecular formula is C14H26N4O. The summed E-state index contributed by atoms with van der Waals surface area (Å²) in [6, 6.07) is 0. The van der Waals surface area contributed by atoms with Gasteiger partial charge in [0.1, 0.15) is 0 Å². The number of hydrogen-bond acceptors (Lipinski definition) is 4. The van der Waals surface area contributed by atoms with Crippen molar-refractivity contribution in [3.05, 3.63) is 12.4 Å². The Kier molecular flexibility index (Phi) is 5.66. The van der Waals surface area contributed by atoms with E-state index in [0.29, 0.717) is 12.6 Å². The second-order valence-electron chi connectivity index (χ2n) is 5.12. The van der Waals surface area contributed by atoms with Crippen LogP contribution < -0.4 is 10.6 Å². The highest BCUT2D eigenvalue weighted by Gasteiger charge is 2.22. The maximum absolute atomic E-state index is 5.83. The summed E-state index contributed by atoms with van der Waals surface area (Å²) in [5.41, 5.74) is 5.48. The van der Waals surface area contributed by atoms with Crippen LogP contribution in [0.3, 0.4) is 0 Å². The van der Waals surface area contributed by atoms with Crippen molar-refractivity contribution in [1.29, 1.82) is 0 Å². The summed E-state index contributed by atoms with van der Waals surface area (Å²) in [5, 5.41) is 0. The van der Waals surface area contributed by atoms with Crippen molar-refractivity contribution in [2.24, 2.45) is 5.73 Å². The fourth-order valence-corrected chi connectivity index (χ4v) is 2.56. The molecule has 0 unspecified atom stereocenters. The molecule has 108 valence electrons. The number of rotatable bonds is 7. The summed E-state index contributed by atoms with van der Waals surface area (Å²) in [4.78, 5) is 6.86. The van der Waals surface area contributed by atoms with Gasteiger partial charge in [0.05, 0.1) is 6.10 Å². The first kappa shape index (κ1) is 14.3. The summed E-state index contributed by atoms with van der Waals surface area (Å²) >= 11 is 0. The molecule has 1 aliphatic rings. The maximum atomic E-state index is 5.83. The molecule has 2 rings (SSSR count). The van der Waals surface area contributed by atoms with Crippen molar-refractivity contribution in [2.75, 3.05) is 31.1 Å². The number of anilines is 1. The minimum atomic E-state index is 0.400. The standard InChI is InChI=1S/C14H26N4O/c1-2-8-17-11-7-16-14(17)18-9-4-13(5-10-18)19-12-3-6-15/h7,11,13H,2-6,8-10,12,15H2,1H3. The van der Waals surface area contributed by atoms with Gasteiger partial charge in [0, 0.05) is 38.6 Å². The molecular weight excluding hydrogens is 240 g/mol. The number of nitrogens with zero attached hydrogens (tertiary/aromatic N) is 3. The smallest absolute Gasteiger partial charge is 0.205 e. The lowest BCUT2D eigenvalue weighted by Crippen LogP contribution is -2.38. The fourth-order valence-electron chi connectivity index (χ4n) is 2.56. The lowest BCUT2D eigenvalue weighted by Gasteiger charge is -2.32. The molecule has 1 saturated heterocycles. The Morgan fingerprint density at radius 1 is 1.42 bits per heavy atom. The van der Waals surface area contributed by atoms with Gasteiger partial charge in [-0.2, -0.15) is 0 Å². The summed E-state index contributed by atoms with van der Waals surface area (Å²) in [7, 11) is 0. The molecule has 0 aliphatic carbocycles. The van der Waals surface area contributed by atoms with Gasteiger partial charge in [0.2, 0.25) is 5.95 Å². The second-order valence-corrected chi connectivity index (χ2v) is 5.12. The van der Waals surface area contributed by atoms with Crippen LogP contribution in [0.1, 0.15) is 32.6 Å². The largest absolute Gasteiger partial charge is 0.378 e. The van der Waals surface area contributed by atoms with Crippen molar-refractivity contribution in [3.63, 3.8) is 0 Å². The highest BCUT2D eigenvalue weighted by molar-refractivity contribution is 5.31. The van der Waals surface area contributed by atoms with Crippen LogP contribution in [0.2, 0.25) is 0 Å². The minimum Gasteiger partial charge on any atom is -0.378 e. The molecule has 19 heavy (non-hydrogen) atoms. The second kappa shape index (κ2) is 7.50. The zero-order valence-corrected chi connectivity index (χ0v) is 11.9. The number of ether oxygens (including phenoxy) is 1. The first-order valence-corrected chi connectivity index (χ1v) is 7.43. The van der Waals surface area contributed by atoms with Gasteiger partial charge < -0.3 is 19.9 Å². The lowest BCUT2D eigenvalue weighted by atomic mass is 10.1. The van der Waals surface area contributed by atoms with Crippen LogP contribution in [0.15, 0.2) is 12.4 Å². The number of aryl methyl sites for hydroxylation is 1. The number of imidazole rings is 1. The van der Waals surface area contributed by atoms with Crippen LogP contribution >= 0.6 is 0 Å². The van der Waals surface area contributed by atoms with Crippen molar-refractivity contribution >= 4 is 5.95 Å². The van der Waals surface area contributed by atoms with E-state index in [1.807, 2.05) is 6.20 Å². The minimum absolute atomic E-state index is 0.400. The molecule has 5 nitrogen and oxygen atoms in total. The Balaban J connectivity index is 1.80. The van der Waals surface area contributed by atoms with Crippen molar-refractivity contribution in [2.45, 2.75) is 45.3 Å². The molecule has 0 bridgehead atoms. The third-order valence-electron chi connectivity index (χ3n) is 3.58. The maximum Gasteiger partial charge on any atom is 0.205 e. The van der Waals surface area contributed by atoms with E-state index in [4.69, 9.17) is 10.5 Å². The number of hydrogen-bond donors (Lipinski definition) is 1. The first-order chi connectivity index (χ1) is 9.35. The normalized spacial score (nSPS) is 17.1. The average Bonchev–Trinajstić information content (AvgIpc) is 2.89. The number of nitrogens with two attached hydrogens (primary N) is 1. The van der Waals surface area contributed by atoms with Gasteiger partial charge in [0.25, 0.3) is 0 Å². The van der Waals surface area contributed by atoms with Gasteiger partial charge >= 0.3 is 0 Å². The molecule has 0 radical (unpaired) electrons. The molecule has 1 aromatic heterocycles. The zero-order chi connectivity index (χ0) is 13.5. The van der Waals surface area contributed by atoms with Crippen LogP contribution in [-0.2, 0) is 11.3 Å². The molecule has 0 amide bonds. The molecule has 5 heteroatoms. The molecule has 2 heterocycles. The van der Waals surface area contributed by atoms with Gasteiger partial charge in [-0.1, -0.05) is 6.92 Å². The molecule has 1 aromatic rings. The van der Waals surface area contributed by atoms with E-state index in [1.54, 1.807) is 0 Å². The van der Waals surface area contributed by atoms with Gasteiger partial charge in [-0.15, -0.1) is 0 Å². The number of piperidine rings is 1. The van der Waals surface area contributed by atoms with Crippen LogP contribution in [0.5, 0.6) is 0 Å². The highest BCUT2D eigenvalue weighted by atomic mass is 16.5. The Bertz CT molecular complexity index is 358. The summed E-state index contributed by atoms with van der Waals surface area (Å²) in [6.07, 6.45) is 8.64. The van der Waals surface area contributed by atoms with Crippen molar-refractivity contribution in [1.82, 2.24) is 9.55 Å². The Labute approximate surface area is 115 Å². The molecule has 0 spiro atoms. The monoisotopic (exact) mass is 266 g/mol. The van der Waals surface area contributed by atoms with Crippen LogP contribution in [0.4, 0.5) is 5.95 Å². The predicted molar refractivity (Wildman–Crippen MR) is 77.4 cm³/mol. The fraction of sp³-hybridized carbons (Fsp3) is 0.786. The molecule has 1 fully saturated rings. The zero-order valence-electron chi connectivity index (χ0n) is 11.9. The van der Waals surface area contributed by atoms with Gasteiger partial charge in [-0.05, 0) is 32.2 Å². The highest BCUT2D eigenvalue weighted by Crippen LogP contribution is 2.20. The number of aromatic nitrogens is 2. The Morgan fingerprint density at radius 2 is 2.21 bits per heavy atom.